The van der Waals surface area contributed by atoms with Gasteiger partial charge in [0.25, 0.3) is 0 Å². The number of carboxylic acid groups (broad SMARTS) is 2. The molecule has 0 aromatic rings. The van der Waals surface area contributed by atoms with Gasteiger partial charge >= 0.3 is 11.9 Å². The van der Waals surface area contributed by atoms with E-state index in [1.54, 1.807) is 0 Å². The SMILES string of the molecule is C=C(C)C(=O)O.C=C(C)C(=O)O.OCCCCCCO.OCCCCCCO. The van der Waals surface area contributed by atoms with E-state index < -0.39 is 11.9 Å². The Kier molecular flexibility index (Phi) is 36.2. The lowest BCUT2D eigenvalue weighted by atomic mass is 10.2. The molecule has 0 atom stereocenters. The molecule has 0 aliphatic carbocycles. The maximum Gasteiger partial charge on any atom is 0.330 e. The topological polar surface area (TPSA) is 156 Å². The van der Waals surface area contributed by atoms with Gasteiger partial charge in [-0.05, 0) is 39.5 Å². The van der Waals surface area contributed by atoms with Crippen molar-refractivity contribution in [2.24, 2.45) is 0 Å². The molecule has 0 spiro atoms. The third-order valence-electron chi connectivity index (χ3n) is 2.86. The summed E-state index contributed by atoms with van der Waals surface area (Å²) < 4.78 is 0. The number of rotatable bonds is 12. The summed E-state index contributed by atoms with van der Waals surface area (Å²) in [7, 11) is 0. The zero-order valence-corrected chi connectivity index (χ0v) is 17.4. The second kappa shape index (κ2) is 30.0. The number of hydrogen-bond donors (Lipinski definition) is 6. The standard InChI is InChI=1S/2C6H14O2.2C4H6O2/c2*7-5-3-1-2-4-6-8;2*1-3(2)4(5)6/h2*7-8H,1-6H2;2*1H2,2H3,(H,5,6). The molecule has 8 nitrogen and oxygen atoms in total. The van der Waals surface area contributed by atoms with Crippen molar-refractivity contribution in [3.05, 3.63) is 24.3 Å². The van der Waals surface area contributed by atoms with Crippen molar-refractivity contribution in [2.45, 2.75) is 65.2 Å². The first-order chi connectivity index (χ1) is 13.1. The van der Waals surface area contributed by atoms with E-state index in [4.69, 9.17) is 30.6 Å². The maximum absolute atomic E-state index is 9.60. The van der Waals surface area contributed by atoms with Crippen molar-refractivity contribution < 1.29 is 40.2 Å². The molecule has 0 radical (unpaired) electrons. The van der Waals surface area contributed by atoms with Crippen molar-refractivity contribution in [3.63, 3.8) is 0 Å². The third-order valence-corrected chi connectivity index (χ3v) is 2.86. The lowest BCUT2D eigenvalue weighted by Gasteiger charge is -1.93. The quantitative estimate of drug-likeness (QED) is 0.212. The molecule has 0 bridgehead atoms. The normalized spacial score (nSPS) is 8.79. The van der Waals surface area contributed by atoms with E-state index in [1.165, 1.54) is 13.8 Å². The van der Waals surface area contributed by atoms with Gasteiger partial charge in [0.05, 0.1) is 0 Å². The molecule has 28 heavy (non-hydrogen) atoms. The molecule has 0 amide bonds. The highest BCUT2D eigenvalue weighted by Crippen LogP contribution is 1.97. The van der Waals surface area contributed by atoms with Crippen LogP contribution in [0.25, 0.3) is 0 Å². The zero-order chi connectivity index (χ0) is 22.8. The smallest absolute Gasteiger partial charge is 0.330 e. The Balaban J connectivity index is -0.000000139. The number of carbonyl (C=O) groups is 2. The van der Waals surface area contributed by atoms with E-state index in [0.29, 0.717) is 0 Å². The van der Waals surface area contributed by atoms with Crippen molar-refractivity contribution in [1.29, 1.82) is 0 Å². The van der Waals surface area contributed by atoms with E-state index in [2.05, 4.69) is 13.2 Å². The van der Waals surface area contributed by atoms with Crippen LogP contribution in [0.4, 0.5) is 0 Å². The van der Waals surface area contributed by atoms with Gasteiger partial charge in [-0.2, -0.15) is 0 Å². The maximum atomic E-state index is 9.60. The van der Waals surface area contributed by atoms with Crippen LogP contribution in [0.1, 0.15) is 65.2 Å². The summed E-state index contributed by atoms with van der Waals surface area (Å²) in [5, 5.41) is 49.0. The molecule has 0 unspecified atom stereocenters. The minimum atomic E-state index is -0.935. The van der Waals surface area contributed by atoms with E-state index in [9.17, 15) is 9.59 Å². The number of aliphatic hydroxyl groups is 4. The Morgan fingerprint density at radius 2 is 0.679 bits per heavy atom. The second-order valence-corrected chi connectivity index (χ2v) is 5.89. The molecular weight excluding hydrogens is 368 g/mol. The third kappa shape index (κ3) is 49.6. The largest absolute Gasteiger partial charge is 0.478 e. The first-order valence-electron chi connectivity index (χ1n) is 9.33. The Hall–Kier alpha value is -1.74. The molecule has 0 saturated carbocycles. The molecule has 0 aromatic carbocycles. The molecule has 0 aliphatic heterocycles. The number of aliphatic hydroxyl groups excluding tert-OH is 4. The van der Waals surface area contributed by atoms with Gasteiger partial charge in [-0.1, -0.05) is 38.8 Å². The van der Waals surface area contributed by atoms with Crippen LogP contribution in [0.3, 0.4) is 0 Å². The monoisotopic (exact) mass is 408 g/mol. The molecule has 8 heteroatoms. The molecular formula is C20H40O8. The number of hydrogen-bond acceptors (Lipinski definition) is 6. The predicted molar refractivity (Wildman–Crippen MR) is 110 cm³/mol. The average Bonchev–Trinajstić information content (AvgIpc) is 2.64. The van der Waals surface area contributed by atoms with E-state index in [0.717, 1.165) is 51.4 Å². The highest BCUT2D eigenvalue weighted by Gasteiger charge is 1.90. The Morgan fingerprint density at radius 1 is 0.536 bits per heavy atom. The fourth-order valence-electron chi connectivity index (χ4n) is 1.15. The van der Waals surface area contributed by atoms with Gasteiger partial charge in [0.2, 0.25) is 0 Å². The predicted octanol–water partition coefficient (Wildman–Crippen LogP) is 2.36. The van der Waals surface area contributed by atoms with Gasteiger partial charge in [-0.3, -0.25) is 0 Å². The van der Waals surface area contributed by atoms with Gasteiger partial charge < -0.3 is 30.6 Å². The lowest BCUT2D eigenvalue weighted by Crippen LogP contribution is -1.92. The Bertz CT molecular complexity index is 308. The summed E-state index contributed by atoms with van der Waals surface area (Å²) in [5.41, 5.74) is 0.352. The molecule has 0 aliphatic rings. The molecule has 0 heterocycles. The van der Waals surface area contributed by atoms with Crippen LogP contribution in [0.5, 0.6) is 0 Å². The highest BCUT2D eigenvalue weighted by molar-refractivity contribution is 5.85. The summed E-state index contributed by atoms with van der Waals surface area (Å²) in [6.45, 7) is 10.3. The van der Waals surface area contributed by atoms with Crippen LogP contribution in [-0.2, 0) is 9.59 Å². The number of unbranched alkanes of at least 4 members (excludes halogenated alkanes) is 6. The summed E-state index contributed by atoms with van der Waals surface area (Å²) in [4.78, 5) is 19.2. The minimum Gasteiger partial charge on any atom is -0.478 e. The van der Waals surface area contributed by atoms with Gasteiger partial charge in [-0.25, -0.2) is 9.59 Å². The molecule has 0 fully saturated rings. The van der Waals surface area contributed by atoms with Gasteiger partial charge in [0, 0.05) is 37.6 Å². The molecule has 168 valence electrons. The number of aliphatic carboxylic acids is 2. The lowest BCUT2D eigenvalue weighted by molar-refractivity contribution is -0.133. The Labute approximate surface area is 168 Å². The fraction of sp³-hybridized carbons (Fsp3) is 0.700. The van der Waals surface area contributed by atoms with Crippen LogP contribution < -0.4 is 0 Å². The molecule has 0 rings (SSSR count). The van der Waals surface area contributed by atoms with E-state index in [1.807, 2.05) is 0 Å². The summed E-state index contributed by atoms with van der Waals surface area (Å²) in [6, 6.07) is 0. The van der Waals surface area contributed by atoms with Gasteiger partial charge in [0.15, 0.2) is 0 Å². The molecule has 0 saturated heterocycles. The van der Waals surface area contributed by atoms with Crippen molar-refractivity contribution in [3.8, 4) is 0 Å². The zero-order valence-electron chi connectivity index (χ0n) is 17.4. The second-order valence-electron chi connectivity index (χ2n) is 5.89. The van der Waals surface area contributed by atoms with Crippen LogP contribution >= 0.6 is 0 Å². The van der Waals surface area contributed by atoms with Crippen LogP contribution in [0, 0.1) is 0 Å². The van der Waals surface area contributed by atoms with Gasteiger partial charge in [-0.15, -0.1) is 0 Å². The first-order valence-corrected chi connectivity index (χ1v) is 9.33. The minimum absolute atomic E-state index is 0.176. The van der Waals surface area contributed by atoms with Crippen molar-refractivity contribution in [1.82, 2.24) is 0 Å². The van der Waals surface area contributed by atoms with Crippen molar-refractivity contribution in [2.75, 3.05) is 26.4 Å². The fourth-order valence-corrected chi connectivity index (χ4v) is 1.15. The Morgan fingerprint density at radius 3 is 0.750 bits per heavy atom. The summed E-state index contributed by atoms with van der Waals surface area (Å²) in [5.74, 6) is -1.87. The highest BCUT2D eigenvalue weighted by atomic mass is 16.4. The van der Waals surface area contributed by atoms with Crippen LogP contribution in [0.2, 0.25) is 0 Å². The average molecular weight is 409 g/mol. The van der Waals surface area contributed by atoms with E-state index >= 15 is 0 Å². The number of carboxylic acids is 2. The van der Waals surface area contributed by atoms with Crippen molar-refractivity contribution >= 4 is 11.9 Å². The summed E-state index contributed by atoms with van der Waals surface area (Å²) in [6.07, 6.45) is 7.66. The van der Waals surface area contributed by atoms with E-state index in [-0.39, 0.29) is 37.6 Å². The summed E-state index contributed by atoms with van der Waals surface area (Å²) >= 11 is 0. The van der Waals surface area contributed by atoms with Crippen LogP contribution in [0.15, 0.2) is 24.3 Å². The molecule has 0 aromatic heterocycles. The molecule has 6 N–H and O–H groups in total. The van der Waals surface area contributed by atoms with Gasteiger partial charge in [0.1, 0.15) is 0 Å². The van der Waals surface area contributed by atoms with Crippen LogP contribution in [-0.4, -0.2) is 69.0 Å². The first kappa shape index (κ1) is 33.8.